The molecule has 0 saturated heterocycles. The summed E-state index contributed by atoms with van der Waals surface area (Å²) in [5.74, 6) is -0.0960. The average molecular weight is 353 g/mol. The van der Waals surface area contributed by atoms with Gasteiger partial charge in [0.1, 0.15) is 5.69 Å². The number of pyridine rings is 2. The molecule has 0 saturated carbocycles. The van der Waals surface area contributed by atoms with Crippen LogP contribution in [-0.2, 0) is 13.1 Å². The topological polar surface area (TPSA) is 46.1 Å². The van der Waals surface area contributed by atoms with Gasteiger partial charge >= 0.3 is 0 Å². The van der Waals surface area contributed by atoms with Gasteiger partial charge in [-0.15, -0.1) is 0 Å². The Kier molecular flexibility index (Phi) is 4.88. The zero-order valence-electron chi connectivity index (χ0n) is 14.8. The number of nitrogens with zero attached hydrogens (tertiary/aromatic N) is 3. The van der Waals surface area contributed by atoms with E-state index in [-0.39, 0.29) is 5.91 Å². The van der Waals surface area contributed by atoms with Crippen molar-refractivity contribution in [3.8, 4) is 0 Å². The van der Waals surface area contributed by atoms with Crippen molar-refractivity contribution in [1.82, 2.24) is 14.9 Å². The number of aromatic nitrogens is 2. The van der Waals surface area contributed by atoms with Crippen molar-refractivity contribution in [2.45, 2.75) is 13.1 Å². The van der Waals surface area contributed by atoms with E-state index in [1.165, 1.54) is 0 Å². The van der Waals surface area contributed by atoms with Gasteiger partial charge < -0.3 is 4.90 Å². The van der Waals surface area contributed by atoms with Crippen molar-refractivity contribution in [2.24, 2.45) is 0 Å². The minimum Gasteiger partial charge on any atom is -0.327 e. The first-order chi connectivity index (χ1) is 13.3. The van der Waals surface area contributed by atoms with E-state index in [0.29, 0.717) is 18.8 Å². The molecule has 2 heterocycles. The molecule has 2 aromatic heterocycles. The summed E-state index contributed by atoms with van der Waals surface area (Å²) in [6, 6.07) is 25.5. The van der Waals surface area contributed by atoms with Crippen molar-refractivity contribution in [2.75, 3.05) is 0 Å². The van der Waals surface area contributed by atoms with Gasteiger partial charge in [-0.3, -0.25) is 14.8 Å². The molecule has 0 bridgehead atoms. The van der Waals surface area contributed by atoms with Gasteiger partial charge in [0.25, 0.3) is 5.91 Å². The van der Waals surface area contributed by atoms with E-state index in [1.807, 2.05) is 78.9 Å². The van der Waals surface area contributed by atoms with Crippen LogP contribution in [0.25, 0.3) is 10.8 Å². The van der Waals surface area contributed by atoms with E-state index in [9.17, 15) is 4.79 Å². The van der Waals surface area contributed by atoms with Crippen LogP contribution >= 0.6 is 0 Å². The summed E-state index contributed by atoms with van der Waals surface area (Å²) in [5.41, 5.74) is 2.39. The molecule has 0 aliphatic rings. The van der Waals surface area contributed by atoms with Crippen LogP contribution in [0, 0.1) is 0 Å². The molecule has 4 rings (SSSR count). The van der Waals surface area contributed by atoms with Gasteiger partial charge in [0.2, 0.25) is 0 Å². The Labute approximate surface area is 158 Å². The first-order valence-electron chi connectivity index (χ1n) is 8.88. The second-order valence-corrected chi connectivity index (χ2v) is 6.35. The van der Waals surface area contributed by atoms with Crippen molar-refractivity contribution in [3.05, 3.63) is 108 Å². The molecule has 0 N–H and O–H groups in total. The van der Waals surface area contributed by atoms with Gasteiger partial charge in [-0.1, -0.05) is 60.7 Å². The van der Waals surface area contributed by atoms with Crippen LogP contribution in [-0.4, -0.2) is 20.8 Å². The number of carbonyl (C=O) groups excluding carboxylic acids is 1. The smallest absolute Gasteiger partial charge is 0.273 e. The summed E-state index contributed by atoms with van der Waals surface area (Å²) in [4.78, 5) is 24.0. The number of carbonyl (C=O) groups is 1. The molecule has 0 aliphatic carbocycles. The molecule has 4 aromatic rings. The monoisotopic (exact) mass is 353 g/mol. The maximum atomic E-state index is 13.4. The predicted molar refractivity (Wildman–Crippen MR) is 106 cm³/mol. The van der Waals surface area contributed by atoms with Crippen molar-refractivity contribution in [3.63, 3.8) is 0 Å². The second kappa shape index (κ2) is 7.79. The highest BCUT2D eigenvalue weighted by Gasteiger charge is 2.20. The molecule has 1 amide bonds. The van der Waals surface area contributed by atoms with Crippen molar-refractivity contribution >= 4 is 16.7 Å². The quantitative estimate of drug-likeness (QED) is 0.532. The van der Waals surface area contributed by atoms with Crippen LogP contribution in [0.5, 0.6) is 0 Å². The van der Waals surface area contributed by atoms with Gasteiger partial charge in [-0.2, -0.15) is 0 Å². The number of hydrogen-bond acceptors (Lipinski definition) is 3. The van der Waals surface area contributed by atoms with E-state index >= 15 is 0 Å². The van der Waals surface area contributed by atoms with Crippen molar-refractivity contribution in [1.29, 1.82) is 0 Å². The maximum Gasteiger partial charge on any atom is 0.273 e. The maximum absolute atomic E-state index is 13.4. The average Bonchev–Trinajstić information content (AvgIpc) is 2.74. The Bertz CT molecular complexity index is 1000. The third kappa shape index (κ3) is 3.85. The summed E-state index contributed by atoms with van der Waals surface area (Å²) in [6.07, 6.45) is 3.44. The van der Waals surface area contributed by atoms with Crippen LogP contribution in [0.15, 0.2) is 91.3 Å². The lowest BCUT2D eigenvalue weighted by molar-refractivity contribution is 0.0724. The summed E-state index contributed by atoms with van der Waals surface area (Å²) in [6.45, 7) is 0.931. The minimum absolute atomic E-state index is 0.0960. The summed E-state index contributed by atoms with van der Waals surface area (Å²) >= 11 is 0. The van der Waals surface area contributed by atoms with Crippen LogP contribution in [0.3, 0.4) is 0 Å². The summed E-state index contributed by atoms with van der Waals surface area (Å²) in [7, 11) is 0. The summed E-state index contributed by atoms with van der Waals surface area (Å²) in [5, 5.41) is 1.87. The van der Waals surface area contributed by atoms with E-state index < -0.39 is 0 Å². The lowest BCUT2D eigenvalue weighted by Crippen LogP contribution is -2.31. The SMILES string of the molecule is O=C(c1nccc2ccccc12)N(Cc1ccccc1)Cc1ccccn1. The molecule has 4 heteroatoms. The second-order valence-electron chi connectivity index (χ2n) is 6.35. The highest BCUT2D eigenvalue weighted by Crippen LogP contribution is 2.20. The third-order valence-electron chi connectivity index (χ3n) is 4.46. The summed E-state index contributed by atoms with van der Waals surface area (Å²) < 4.78 is 0. The molecule has 0 atom stereocenters. The van der Waals surface area contributed by atoms with E-state index in [4.69, 9.17) is 0 Å². The fraction of sp³-hybridized carbons (Fsp3) is 0.0870. The van der Waals surface area contributed by atoms with E-state index in [1.54, 1.807) is 17.3 Å². The lowest BCUT2D eigenvalue weighted by atomic mass is 10.1. The normalized spacial score (nSPS) is 10.7. The molecule has 2 aromatic carbocycles. The van der Waals surface area contributed by atoms with Gasteiger partial charge in [-0.25, -0.2) is 0 Å². The number of rotatable bonds is 5. The first-order valence-corrected chi connectivity index (χ1v) is 8.88. The zero-order valence-corrected chi connectivity index (χ0v) is 14.8. The molecular formula is C23H19N3O. The Morgan fingerprint density at radius 2 is 1.52 bits per heavy atom. The molecule has 27 heavy (non-hydrogen) atoms. The molecule has 0 aliphatic heterocycles. The lowest BCUT2D eigenvalue weighted by Gasteiger charge is -2.23. The largest absolute Gasteiger partial charge is 0.327 e. The van der Waals surface area contributed by atoms with Crippen LogP contribution in [0.4, 0.5) is 0 Å². The standard InChI is InChI=1S/C23H19N3O/c27-23(22-21-12-5-4-10-19(21)13-15-25-22)26(16-18-8-2-1-3-9-18)17-20-11-6-7-14-24-20/h1-15H,16-17H2. The molecule has 0 unspecified atom stereocenters. The molecule has 0 spiro atoms. The Morgan fingerprint density at radius 1 is 0.741 bits per heavy atom. The molecule has 0 fully saturated rings. The minimum atomic E-state index is -0.0960. The molecular weight excluding hydrogens is 334 g/mol. The first kappa shape index (κ1) is 16.9. The highest BCUT2D eigenvalue weighted by molar-refractivity contribution is 6.05. The number of amides is 1. The zero-order chi connectivity index (χ0) is 18.5. The molecule has 132 valence electrons. The highest BCUT2D eigenvalue weighted by atomic mass is 16.2. The van der Waals surface area contributed by atoms with Crippen LogP contribution < -0.4 is 0 Å². The predicted octanol–water partition coefficient (Wildman–Crippen LogP) is 4.47. The van der Waals surface area contributed by atoms with E-state index in [2.05, 4.69) is 9.97 Å². The molecule has 0 radical (unpaired) electrons. The van der Waals surface area contributed by atoms with Gasteiger partial charge in [0, 0.05) is 24.3 Å². The van der Waals surface area contributed by atoms with Crippen LogP contribution in [0.2, 0.25) is 0 Å². The van der Waals surface area contributed by atoms with Gasteiger partial charge in [-0.05, 0) is 29.1 Å². The Hall–Kier alpha value is -3.53. The van der Waals surface area contributed by atoms with Gasteiger partial charge in [0.15, 0.2) is 0 Å². The number of hydrogen-bond donors (Lipinski definition) is 0. The molecule has 4 nitrogen and oxygen atoms in total. The fourth-order valence-electron chi connectivity index (χ4n) is 3.13. The number of benzene rings is 2. The Balaban J connectivity index is 1.71. The third-order valence-corrected chi connectivity index (χ3v) is 4.46. The van der Waals surface area contributed by atoms with E-state index in [0.717, 1.165) is 22.0 Å². The van der Waals surface area contributed by atoms with Crippen LogP contribution in [0.1, 0.15) is 21.7 Å². The Morgan fingerprint density at radius 3 is 2.33 bits per heavy atom. The van der Waals surface area contributed by atoms with Crippen molar-refractivity contribution < 1.29 is 4.79 Å². The number of fused-ring (bicyclic) bond motifs is 1. The van der Waals surface area contributed by atoms with Gasteiger partial charge in [0.05, 0.1) is 12.2 Å². The fourth-order valence-corrected chi connectivity index (χ4v) is 3.13.